The van der Waals surface area contributed by atoms with E-state index < -0.39 is 0 Å². The quantitative estimate of drug-likeness (QED) is 0.583. The highest BCUT2D eigenvalue weighted by atomic mass is 35.5. The average molecular weight is 276 g/mol. The second kappa shape index (κ2) is 12.3. The van der Waals surface area contributed by atoms with Crippen molar-refractivity contribution in [3.63, 3.8) is 0 Å². The van der Waals surface area contributed by atoms with E-state index in [0.717, 1.165) is 5.92 Å². The van der Waals surface area contributed by atoms with Crippen LogP contribution in [0.1, 0.15) is 78.1 Å². The fourth-order valence-corrected chi connectivity index (χ4v) is 3.20. The molecule has 0 aromatic carbocycles. The molecule has 1 N–H and O–H groups in total. The van der Waals surface area contributed by atoms with Gasteiger partial charge in [-0.05, 0) is 32.1 Å². The molecule has 1 heterocycles. The Morgan fingerprint density at radius 2 is 1.67 bits per heavy atom. The van der Waals surface area contributed by atoms with Crippen LogP contribution in [0.5, 0.6) is 0 Å². The van der Waals surface area contributed by atoms with Crippen LogP contribution in [0.15, 0.2) is 0 Å². The monoisotopic (exact) mass is 275 g/mol. The minimum Gasteiger partial charge on any atom is -1.00 e. The SMILES string of the molecule is CCCCCCC[NH+]1CCCC(CCCC)C1.[Cl-]. The number of rotatable bonds is 9. The molecule has 1 aliphatic heterocycles. The van der Waals surface area contributed by atoms with Gasteiger partial charge in [-0.2, -0.15) is 0 Å². The number of likely N-dealkylation sites (tertiary alicyclic amines) is 1. The lowest BCUT2D eigenvalue weighted by atomic mass is 9.93. The maximum Gasteiger partial charge on any atom is 0.0799 e. The Balaban J connectivity index is 0.00000289. The summed E-state index contributed by atoms with van der Waals surface area (Å²) in [4.78, 5) is 1.91. The lowest BCUT2D eigenvalue weighted by molar-refractivity contribution is -0.909. The molecule has 110 valence electrons. The number of piperidine rings is 1. The van der Waals surface area contributed by atoms with Gasteiger partial charge in [0.25, 0.3) is 0 Å². The first-order valence-corrected chi connectivity index (χ1v) is 8.20. The highest BCUT2D eigenvalue weighted by Gasteiger charge is 2.21. The van der Waals surface area contributed by atoms with Crippen molar-refractivity contribution in [3.05, 3.63) is 0 Å². The van der Waals surface area contributed by atoms with E-state index in [1.165, 1.54) is 83.8 Å². The van der Waals surface area contributed by atoms with Crippen molar-refractivity contribution in [2.24, 2.45) is 5.92 Å². The maximum atomic E-state index is 2.32. The van der Waals surface area contributed by atoms with E-state index in [9.17, 15) is 0 Å². The van der Waals surface area contributed by atoms with Crippen molar-refractivity contribution in [1.82, 2.24) is 0 Å². The summed E-state index contributed by atoms with van der Waals surface area (Å²) in [6, 6.07) is 0. The van der Waals surface area contributed by atoms with E-state index in [2.05, 4.69) is 13.8 Å². The Labute approximate surface area is 121 Å². The summed E-state index contributed by atoms with van der Waals surface area (Å²) in [6.45, 7) is 9.01. The van der Waals surface area contributed by atoms with Crippen LogP contribution in [0.3, 0.4) is 0 Å². The fourth-order valence-electron chi connectivity index (χ4n) is 3.20. The van der Waals surface area contributed by atoms with Crippen molar-refractivity contribution < 1.29 is 17.3 Å². The zero-order valence-electron chi connectivity index (χ0n) is 12.6. The Bertz CT molecular complexity index is 172. The molecule has 2 atom stereocenters. The number of unbranched alkanes of at least 4 members (excludes halogenated alkanes) is 5. The van der Waals surface area contributed by atoms with Crippen LogP contribution in [-0.4, -0.2) is 19.6 Å². The maximum absolute atomic E-state index is 2.32. The first-order valence-electron chi connectivity index (χ1n) is 8.20. The van der Waals surface area contributed by atoms with Gasteiger partial charge < -0.3 is 17.3 Å². The average Bonchev–Trinajstić information content (AvgIpc) is 2.37. The van der Waals surface area contributed by atoms with Gasteiger partial charge in [0.1, 0.15) is 0 Å². The van der Waals surface area contributed by atoms with Crippen molar-refractivity contribution >= 4 is 0 Å². The van der Waals surface area contributed by atoms with Crippen LogP contribution < -0.4 is 17.3 Å². The predicted molar refractivity (Wildman–Crippen MR) is 76.6 cm³/mol. The Morgan fingerprint density at radius 1 is 0.944 bits per heavy atom. The predicted octanol–water partition coefficient (Wildman–Crippen LogP) is 0.446. The standard InChI is InChI=1S/C16H33N.ClH/c1-3-5-7-8-9-13-17-14-10-12-16(15-17)11-6-4-2;/h16H,3-15H2,1-2H3;1H. The first-order chi connectivity index (χ1) is 8.36. The van der Waals surface area contributed by atoms with E-state index in [1.807, 2.05) is 4.90 Å². The molecule has 0 amide bonds. The molecule has 1 aliphatic rings. The van der Waals surface area contributed by atoms with Gasteiger partial charge in [-0.25, -0.2) is 0 Å². The highest BCUT2D eigenvalue weighted by molar-refractivity contribution is 4.61. The number of hydrogen-bond acceptors (Lipinski definition) is 0. The van der Waals surface area contributed by atoms with Crippen LogP contribution >= 0.6 is 0 Å². The van der Waals surface area contributed by atoms with Gasteiger partial charge in [-0.1, -0.05) is 46.0 Å². The summed E-state index contributed by atoms with van der Waals surface area (Å²) >= 11 is 0. The summed E-state index contributed by atoms with van der Waals surface area (Å²) in [6.07, 6.45) is 14.5. The molecule has 0 aliphatic carbocycles. The smallest absolute Gasteiger partial charge is 0.0799 e. The van der Waals surface area contributed by atoms with E-state index in [-0.39, 0.29) is 12.4 Å². The van der Waals surface area contributed by atoms with Crippen molar-refractivity contribution in [2.75, 3.05) is 19.6 Å². The second-order valence-electron chi connectivity index (χ2n) is 6.02. The minimum absolute atomic E-state index is 0. The van der Waals surface area contributed by atoms with Crippen molar-refractivity contribution in [3.8, 4) is 0 Å². The van der Waals surface area contributed by atoms with Crippen LogP contribution in [-0.2, 0) is 0 Å². The number of quaternary nitrogens is 1. The van der Waals surface area contributed by atoms with Crippen LogP contribution in [0.4, 0.5) is 0 Å². The first kappa shape index (κ1) is 18.2. The van der Waals surface area contributed by atoms with Gasteiger partial charge >= 0.3 is 0 Å². The van der Waals surface area contributed by atoms with Gasteiger partial charge in [-0.15, -0.1) is 0 Å². The topological polar surface area (TPSA) is 4.44 Å². The van der Waals surface area contributed by atoms with Gasteiger partial charge in [-0.3, -0.25) is 0 Å². The Hall–Kier alpha value is 0.250. The molecule has 0 aromatic heterocycles. The number of halogens is 1. The third kappa shape index (κ3) is 8.37. The summed E-state index contributed by atoms with van der Waals surface area (Å²) in [5.41, 5.74) is 0. The zero-order chi connectivity index (χ0) is 12.3. The molecule has 18 heavy (non-hydrogen) atoms. The largest absolute Gasteiger partial charge is 1.00 e. The molecule has 0 aromatic rings. The van der Waals surface area contributed by atoms with E-state index in [1.54, 1.807) is 0 Å². The normalized spacial score (nSPS) is 23.7. The van der Waals surface area contributed by atoms with Gasteiger partial charge in [0, 0.05) is 5.92 Å². The molecule has 1 nitrogen and oxygen atoms in total. The van der Waals surface area contributed by atoms with Crippen LogP contribution in [0, 0.1) is 5.92 Å². The molecule has 0 radical (unpaired) electrons. The minimum atomic E-state index is 0. The Kier molecular flexibility index (Phi) is 12.5. The van der Waals surface area contributed by atoms with Gasteiger partial charge in [0.05, 0.1) is 19.6 Å². The zero-order valence-corrected chi connectivity index (χ0v) is 13.4. The molecule has 0 saturated carbocycles. The molecular formula is C16H34ClN. The van der Waals surface area contributed by atoms with E-state index in [0.29, 0.717) is 0 Å². The summed E-state index contributed by atoms with van der Waals surface area (Å²) in [5, 5.41) is 0. The molecule has 1 saturated heterocycles. The van der Waals surface area contributed by atoms with Crippen molar-refractivity contribution in [1.29, 1.82) is 0 Å². The third-order valence-electron chi connectivity index (χ3n) is 4.32. The summed E-state index contributed by atoms with van der Waals surface area (Å²) in [5.74, 6) is 1.05. The molecule has 0 bridgehead atoms. The third-order valence-corrected chi connectivity index (χ3v) is 4.32. The van der Waals surface area contributed by atoms with Gasteiger partial charge in [0.15, 0.2) is 0 Å². The van der Waals surface area contributed by atoms with Crippen LogP contribution in [0.2, 0.25) is 0 Å². The fraction of sp³-hybridized carbons (Fsp3) is 1.00. The summed E-state index contributed by atoms with van der Waals surface area (Å²) < 4.78 is 0. The lowest BCUT2D eigenvalue weighted by Crippen LogP contribution is -3.13. The number of nitrogens with one attached hydrogen (secondary N) is 1. The molecule has 2 unspecified atom stereocenters. The molecular weight excluding hydrogens is 242 g/mol. The van der Waals surface area contributed by atoms with E-state index in [4.69, 9.17) is 0 Å². The molecule has 1 fully saturated rings. The second-order valence-corrected chi connectivity index (χ2v) is 6.02. The molecule has 2 heteroatoms. The van der Waals surface area contributed by atoms with Gasteiger partial charge in [0.2, 0.25) is 0 Å². The Morgan fingerprint density at radius 3 is 2.39 bits per heavy atom. The van der Waals surface area contributed by atoms with E-state index >= 15 is 0 Å². The highest BCUT2D eigenvalue weighted by Crippen LogP contribution is 2.15. The molecule has 1 rings (SSSR count). The molecule has 0 spiro atoms. The van der Waals surface area contributed by atoms with Crippen LogP contribution in [0.25, 0.3) is 0 Å². The summed E-state index contributed by atoms with van der Waals surface area (Å²) in [7, 11) is 0. The van der Waals surface area contributed by atoms with Crippen molar-refractivity contribution in [2.45, 2.75) is 78.1 Å². The lowest BCUT2D eigenvalue weighted by Gasteiger charge is -2.30. The number of hydrogen-bond donors (Lipinski definition) is 1.